The van der Waals surface area contributed by atoms with Gasteiger partial charge in [0.05, 0.1) is 18.8 Å². The van der Waals surface area contributed by atoms with Crippen molar-refractivity contribution >= 4 is 11.7 Å². The van der Waals surface area contributed by atoms with Crippen molar-refractivity contribution < 1.29 is 25.2 Å². The third-order valence-corrected chi connectivity index (χ3v) is 2.98. The summed E-state index contributed by atoms with van der Waals surface area (Å²) in [6.45, 7) is 0.847. The van der Waals surface area contributed by atoms with E-state index in [1.807, 2.05) is 0 Å². The molecule has 0 saturated heterocycles. The highest BCUT2D eigenvalue weighted by atomic mass is 16.4. The van der Waals surface area contributed by atoms with Crippen LogP contribution in [0.4, 0.5) is 5.82 Å². The number of aliphatic hydroxyl groups excluding tert-OH is 4. The smallest absolute Gasteiger partial charge is 0.222 e. The van der Waals surface area contributed by atoms with Crippen LogP contribution in [0.1, 0.15) is 24.9 Å². The zero-order valence-electron chi connectivity index (χ0n) is 9.69. The highest BCUT2D eigenvalue weighted by Gasteiger charge is 2.42. The van der Waals surface area contributed by atoms with Crippen LogP contribution >= 0.6 is 0 Å². The van der Waals surface area contributed by atoms with Crippen LogP contribution in [0.2, 0.25) is 0 Å². The molecule has 8 heteroatoms. The summed E-state index contributed by atoms with van der Waals surface area (Å²) in [5.41, 5.74) is 0. The number of fused-ring (bicyclic) bond motifs is 1. The number of imidazole rings is 1. The zero-order valence-corrected chi connectivity index (χ0v) is 9.69. The predicted octanol–water partition coefficient (Wildman–Crippen LogP) is -1.86. The van der Waals surface area contributed by atoms with Crippen LogP contribution in [0.5, 0.6) is 0 Å². The number of anilines is 1. The lowest BCUT2D eigenvalue weighted by molar-refractivity contribution is -0.114. The molecule has 18 heavy (non-hydrogen) atoms. The van der Waals surface area contributed by atoms with E-state index in [1.54, 1.807) is 0 Å². The molecule has 0 unspecified atom stereocenters. The molecule has 2 rings (SSSR count). The van der Waals surface area contributed by atoms with Crippen molar-refractivity contribution in [2.75, 3.05) is 11.9 Å². The number of hydrogen-bond acceptors (Lipinski definition) is 6. The highest BCUT2D eigenvalue weighted by molar-refractivity contribution is 5.87. The Kier molecular flexibility index (Phi) is 3.35. The van der Waals surface area contributed by atoms with E-state index in [9.17, 15) is 25.2 Å². The molecular formula is C10H15N3O5. The molecule has 0 fully saturated rings. The number of carbonyl (C=O) groups is 1. The second-order valence-electron chi connectivity index (χ2n) is 4.23. The van der Waals surface area contributed by atoms with Crippen molar-refractivity contribution in [3.05, 3.63) is 12.0 Å². The summed E-state index contributed by atoms with van der Waals surface area (Å²) in [4.78, 5) is 14.9. The van der Waals surface area contributed by atoms with Crippen LogP contribution in [0.3, 0.4) is 0 Å². The van der Waals surface area contributed by atoms with Gasteiger partial charge in [0.25, 0.3) is 0 Å². The maximum absolute atomic E-state index is 11.0. The number of nitrogens with one attached hydrogen (secondary N) is 1. The summed E-state index contributed by atoms with van der Waals surface area (Å²) in [5.74, 6) is 0.00152. The minimum Gasteiger partial charge on any atom is -0.394 e. The summed E-state index contributed by atoms with van der Waals surface area (Å²) in [5, 5.41) is 41.0. The first-order valence-corrected chi connectivity index (χ1v) is 5.47. The van der Waals surface area contributed by atoms with Gasteiger partial charge in [-0.25, -0.2) is 4.98 Å². The molecule has 0 radical (unpaired) electrons. The number of nitrogens with zero attached hydrogens (tertiary/aromatic N) is 2. The van der Waals surface area contributed by atoms with E-state index < -0.39 is 31.0 Å². The van der Waals surface area contributed by atoms with Gasteiger partial charge in [0.2, 0.25) is 5.91 Å². The summed E-state index contributed by atoms with van der Waals surface area (Å²) < 4.78 is 1.32. The van der Waals surface area contributed by atoms with Crippen LogP contribution in [0, 0.1) is 0 Å². The van der Waals surface area contributed by atoms with Gasteiger partial charge in [0, 0.05) is 6.92 Å². The Morgan fingerprint density at radius 2 is 2.11 bits per heavy atom. The maximum Gasteiger partial charge on any atom is 0.222 e. The predicted molar refractivity (Wildman–Crippen MR) is 59.6 cm³/mol. The molecule has 4 atom stereocenters. The first-order chi connectivity index (χ1) is 8.47. The first-order valence-electron chi connectivity index (χ1n) is 5.47. The fourth-order valence-electron chi connectivity index (χ4n) is 2.12. The second-order valence-corrected chi connectivity index (χ2v) is 4.23. The lowest BCUT2D eigenvalue weighted by atomic mass is 9.96. The molecule has 0 bridgehead atoms. The largest absolute Gasteiger partial charge is 0.394 e. The Labute approximate surface area is 103 Å². The Hall–Kier alpha value is -1.48. The van der Waals surface area contributed by atoms with E-state index in [1.165, 1.54) is 17.7 Å². The van der Waals surface area contributed by atoms with E-state index >= 15 is 0 Å². The third kappa shape index (κ3) is 1.89. The lowest BCUT2D eigenvalue weighted by Gasteiger charge is -2.36. The fraction of sp³-hybridized carbons (Fsp3) is 0.600. The van der Waals surface area contributed by atoms with Crippen molar-refractivity contribution in [1.82, 2.24) is 9.55 Å². The molecular weight excluding hydrogens is 242 g/mol. The van der Waals surface area contributed by atoms with Gasteiger partial charge < -0.3 is 30.3 Å². The van der Waals surface area contributed by atoms with Crippen LogP contribution < -0.4 is 5.32 Å². The Morgan fingerprint density at radius 3 is 2.67 bits per heavy atom. The van der Waals surface area contributed by atoms with E-state index in [2.05, 4.69) is 10.3 Å². The Balaban J connectivity index is 2.48. The van der Waals surface area contributed by atoms with Crippen LogP contribution in [0.25, 0.3) is 0 Å². The van der Waals surface area contributed by atoms with E-state index in [4.69, 9.17) is 0 Å². The molecule has 0 aromatic carbocycles. The van der Waals surface area contributed by atoms with Crippen molar-refractivity contribution in [3.8, 4) is 0 Å². The van der Waals surface area contributed by atoms with Gasteiger partial charge in [-0.15, -0.1) is 0 Å². The number of hydrogen-bond donors (Lipinski definition) is 5. The molecule has 8 nitrogen and oxygen atoms in total. The summed E-state index contributed by atoms with van der Waals surface area (Å²) in [6.07, 6.45) is -2.85. The molecule has 0 aliphatic carbocycles. The molecule has 5 N–H and O–H groups in total. The normalized spacial score (nSPS) is 30.9. The monoisotopic (exact) mass is 257 g/mol. The topological polar surface area (TPSA) is 128 Å². The molecule has 0 spiro atoms. The Bertz CT molecular complexity index is 460. The Morgan fingerprint density at radius 1 is 1.44 bits per heavy atom. The number of aliphatic hydroxyl groups is 4. The number of rotatable bonds is 2. The fourth-order valence-corrected chi connectivity index (χ4v) is 2.12. The molecule has 1 aromatic rings. The summed E-state index contributed by atoms with van der Waals surface area (Å²) in [6, 6.07) is -0.872. The van der Waals surface area contributed by atoms with Crippen LogP contribution in [0.15, 0.2) is 6.20 Å². The third-order valence-electron chi connectivity index (χ3n) is 2.98. The van der Waals surface area contributed by atoms with Crippen LogP contribution in [-0.2, 0) is 4.79 Å². The van der Waals surface area contributed by atoms with Crippen molar-refractivity contribution in [3.63, 3.8) is 0 Å². The van der Waals surface area contributed by atoms with Gasteiger partial charge in [-0.1, -0.05) is 0 Å². The minimum atomic E-state index is -1.43. The molecule has 100 valence electrons. The maximum atomic E-state index is 11.0. The average molecular weight is 257 g/mol. The van der Waals surface area contributed by atoms with Gasteiger partial charge in [-0.05, 0) is 0 Å². The standard InChI is InChI=1S/C10H15N3O5/c1-4(15)12-6-2-11-10-9(18)8(17)7(16)5(3-14)13(6)10/h2,5,7-9,14,16-18H,3H2,1H3,(H,12,15)/t5-,7-,8+,9+/m1/s1. The van der Waals surface area contributed by atoms with Crippen molar-refractivity contribution in [2.45, 2.75) is 31.3 Å². The average Bonchev–Trinajstić information content (AvgIpc) is 2.70. The lowest BCUT2D eigenvalue weighted by Crippen LogP contribution is -2.46. The van der Waals surface area contributed by atoms with Gasteiger partial charge in [0.15, 0.2) is 0 Å². The highest BCUT2D eigenvalue weighted by Crippen LogP contribution is 2.34. The SMILES string of the molecule is CC(=O)Nc1cnc2n1[C@H](CO)[C@@H](O)[C@H](O)[C@@H]2O. The summed E-state index contributed by atoms with van der Waals surface area (Å²) >= 11 is 0. The van der Waals surface area contributed by atoms with Gasteiger partial charge in [-0.2, -0.15) is 0 Å². The van der Waals surface area contributed by atoms with Crippen molar-refractivity contribution in [1.29, 1.82) is 0 Å². The number of amides is 1. The number of carbonyl (C=O) groups excluding carboxylic acids is 1. The van der Waals surface area contributed by atoms with Crippen molar-refractivity contribution in [2.24, 2.45) is 0 Å². The number of aromatic nitrogens is 2. The van der Waals surface area contributed by atoms with Gasteiger partial charge in [0.1, 0.15) is 30.0 Å². The van der Waals surface area contributed by atoms with E-state index in [0.717, 1.165) is 0 Å². The quantitative estimate of drug-likeness (QED) is 0.423. The molecule has 1 aliphatic rings. The minimum absolute atomic E-state index is 0.0931. The molecule has 1 aromatic heterocycles. The summed E-state index contributed by atoms with van der Waals surface area (Å²) in [7, 11) is 0. The molecule has 2 heterocycles. The van der Waals surface area contributed by atoms with E-state index in [0.29, 0.717) is 0 Å². The van der Waals surface area contributed by atoms with E-state index in [-0.39, 0.29) is 17.5 Å². The molecule has 0 saturated carbocycles. The molecule has 1 aliphatic heterocycles. The van der Waals surface area contributed by atoms with Gasteiger partial charge >= 0.3 is 0 Å². The second kappa shape index (κ2) is 4.65. The van der Waals surface area contributed by atoms with Gasteiger partial charge in [-0.3, -0.25) is 4.79 Å². The molecule has 1 amide bonds. The van der Waals surface area contributed by atoms with Crippen LogP contribution in [-0.4, -0.2) is 54.7 Å². The first kappa shape index (κ1) is 13.0. The zero-order chi connectivity index (χ0) is 13.4.